The lowest BCUT2D eigenvalue weighted by Gasteiger charge is -2.16. The second kappa shape index (κ2) is 7.16. The SMILES string of the molecule is COCC(CNc1cnccc1CO)OC. The van der Waals surface area contributed by atoms with E-state index in [9.17, 15) is 0 Å². The Hall–Kier alpha value is -1.17. The van der Waals surface area contributed by atoms with E-state index in [0.29, 0.717) is 13.2 Å². The molecule has 0 amide bonds. The fraction of sp³-hybridized carbons (Fsp3) is 0.545. The van der Waals surface area contributed by atoms with Crippen molar-refractivity contribution < 1.29 is 14.6 Å². The molecule has 0 bridgehead atoms. The zero-order chi connectivity index (χ0) is 11.8. The van der Waals surface area contributed by atoms with Gasteiger partial charge >= 0.3 is 0 Å². The molecule has 5 heteroatoms. The van der Waals surface area contributed by atoms with Crippen molar-refractivity contribution in [1.29, 1.82) is 0 Å². The van der Waals surface area contributed by atoms with Crippen LogP contribution in [-0.4, -0.2) is 43.6 Å². The summed E-state index contributed by atoms with van der Waals surface area (Å²) in [4.78, 5) is 4.00. The quantitative estimate of drug-likeness (QED) is 0.714. The van der Waals surface area contributed by atoms with Crippen LogP contribution in [0.1, 0.15) is 5.56 Å². The average Bonchev–Trinajstić information content (AvgIpc) is 2.34. The highest BCUT2D eigenvalue weighted by Crippen LogP contribution is 2.13. The molecular weight excluding hydrogens is 208 g/mol. The van der Waals surface area contributed by atoms with Crippen molar-refractivity contribution in [3.8, 4) is 0 Å². The molecule has 0 aromatic carbocycles. The Morgan fingerprint density at radius 2 is 2.31 bits per heavy atom. The number of pyridine rings is 1. The van der Waals surface area contributed by atoms with Gasteiger partial charge in [0.25, 0.3) is 0 Å². The molecule has 1 unspecified atom stereocenters. The van der Waals surface area contributed by atoms with E-state index < -0.39 is 0 Å². The molecule has 90 valence electrons. The van der Waals surface area contributed by atoms with Crippen molar-refractivity contribution in [2.24, 2.45) is 0 Å². The molecule has 1 atom stereocenters. The van der Waals surface area contributed by atoms with Gasteiger partial charge in [-0.1, -0.05) is 0 Å². The van der Waals surface area contributed by atoms with Crippen LogP contribution in [0.5, 0.6) is 0 Å². The summed E-state index contributed by atoms with van der Waals surface area (Å²) < 4.78 is 10.2. The molecule has 1 heterocycles. The highest BCUT2D eigenvalue weighted by atomic mass is 16.5. The molecular formula is C11H18N2O3. The number of nitrogens with one attached hydrogen (secondary N) is 1. The number of hydrogen-bond acceptors (Lipinski definition) is 5. The third kappa shape index (κ3) is 3.77. The van der Waals surface area contributed by atoms with Gasteiger partial charge in [0.2, 0.25) is 0 Å². The van der Waals surface area contributed by atoms with E-state index >= 15 is 0 Å². The van der Waals surface area contributed by atoms with Crippen LogP contribution in [-0.2, 0) is 16.1 Å². The Kier molecular flexibility index (Phi) is 5.77. The first-order valence-corrected chi connectivity index (χ1v) is 5.11. The van der Waals surface area contributed by atoms with Gasteiger partial charge in [-0.2, -0.15) is 0 Å². The van der Waals surface area contributed by atoms with Crippen molar-refractivity contribution in [2.45, 2.75) is 12.7 Å². The van der Waals surface area contributed by atoms with Crippen LogP contribution in [0.25, 0.3) is 0 Å². The number of hydrogen-bond donors (Lipinski definition) is 2. The predicted molar refractivity (Wildman–Crippen MR) is 61.3 cm³/mol. The van der Waals surface area contributed by atoms with Crippen molar-refractivity contribution in [3.63, 3.8) is 0 Å². The molecule has 2 N–H and O–H groups in total. The molecule has 0 saturated heterocycles. The number of ether oxygens (including phenoxy) is 2. The van der Waals surface area contributed by atoms with Gasteiger partial charge in [0.05, 0.1) is 31.2 Å². The summed E-state index contributed by atoms with van der Waals surface area (Å²) in [5.41, 5.74) is 1.64. The van der Waals surface area contributed by atoms with E-state index in [0.717, 1.165) is 11.3 Å². The highest BCUT2D eigenvalue weighted by molar-refractivity contribution is 5.48. The monoisotopic (exact) mass is 226 g/mol. The molecule has 0 fully saturated rings. The Morgan fingerprint density at radius 1 is 1.50 bits per heavy atom. The second-order valence-corrected chi connectivity index (χ2v) is 3.38. The van der Waals surface area contributed by atoms with E-state index in [2.05, 4.69) is 10.3 Å². The molecule has 5 nitrogen and oxygen atoms in total. The van der Waals surface area contributed by atoms with Gasteiger partial charge in [-0.15, -0.1) is 0 Å². The van der Waals surface area contributed by atoms with Crippen molar-refractivity contribution in [1.82, 2.24) is 4.98 Å². The van der Waals surface area contributed by atoms with Crippen molar-refractivity contribution >= 4 is 5.69 Å². The van der Waals surface area contributed by atoms with Gasteiger partial charge < -0.3 is 19.9 Å². The van der Waals surface area contributed by atoms with Crippen LogP contribution in [0.15, 0.2) is 18.5 Å². The van der Waals surface area contributed by atoms with Crippen molar-refractivity contribution in [2.75, 3.05) is 32.7 Å². The van der Waals surface area contributed by atoms with Crippen LogP contribution in [0.3, 0.4) is 0 Å². The standard InChI is InChI=1S/C11H18N2O3/c1-15-8-10(16-2)5-13-11-6-12-4-3-9(11)7-14/h3-4,6,10,13-14H,5,7-8H2,1-2H3. The summed E-state index contributed by atoms with van der Waals surface area (Å²) >= 11 is 0. The van der Waals surface area contributed by atoms with Crippen molar-refractivity contribution in [3.05, 3.63) is 24.0 Å². The summed E-state index contributed by atoms with van der Waals surface area (Å²) in [7, 11) is 3.27. The van der Waals surface area contributed by atoms with Crippen LogP contribution in [0, 0.1) is 0 Å². The van der Waals surface area contributed by atoms with E-state index in [-0.39, 0.29) is 12.7 Å². The highest BCUT2D eigenvalue weighted by Gasteiger charge is 2.07. The maximum absolute atomic E-state index is 9.12. The fourth-order valence-electron chi connectivity index (χ4n) is 1.34. The fourth-order valence-corrected chi connectivity index (χ4v) is 1.34. The minimum absolute atomic E-state index is 0.00716. The van der Waals surface area contributed by atoms with Gasteiger partial charge in [0, 0.05) is 32.5 Å². The van der Waals surface area contributed by atoms with Gasteiger partial charge in [0.15, 0.2) is 0 Å². The molecule has 0 aliphatic carbocycles. The summed E-state index contributed by atoms with van der Waals surface area (Å²) in [6.45, 7) is 1.13. The van der Waals surface area contributed by atoms with E-state index in [1.165, 1.54) is 0 Å². The summed E-state index contributed by atoms with van der Waals surface area (Å²) in [6, 6.07) is 1.78. The first-order valence-electron chi connectivity index (χ1n) is 5.11. The third-order valence-corrected chi connectivity index (χ3v) is 2.29. The Labute approximate surface area is 95.4 Å². The number of methoxy groups -OCH3 is 2. The predicted octanol–water partition coefficient (Wildman–Crippen LogP) is 0.647. The van der Waals surface area contributed by atoms with E-state index in [1.54, 1.807) is 32.7 Å². The first-order chi connectivity index (χ1) is 7.81. The minimum atomic E-state index is -0.0169. The number of nitrogens with zero attached hydrogens (tertiary/aromatic N) is 1. The lowest BCUT2D eigenvalue weighted by molar-refractivity contribution is 0.0365. The van der Waals surface area contributed by atoms with Crippen LogP contribution in [0.4, 0.5) is 5.69 Å². The second-order valence-electron chi connectivity index (χ2n) is 3.38. The molecule has 1 aromatic rings. The van der Waals surface area contributed by atoms with Gasteiger partial charge in [-0.05, 0) is 6.07 Å². The molecule has 0 radical (unpaired) electrons. The summed E-state index contributed by atoms with van der Waals surface area (Å²) in [5, 5.41) is 12.3. The maximum Gasteiger partial charge on any atom is 0.0976 e. The average molecular weight is 226 g/mol. The topological polar surface area (TPSA) is 63.6 Å². The maximum atomic E-state index is 9.12. The molecule has 1 aromatic heterocycles. The Morgan fingerprint density at radius 3 is 2.94 bits per heavy atom. The van der Waals surface area contributed by atoms with E-state index in [1.807, 2.05) is 0 Å². The zero-order valence-electron chi connectivity index (χ0n) is 9.64. The lowest BCUT2D eigenvalue weighted by atomic mass is 10.2. The smallest absolute Gasteiger partial charge is 0.0976 e. The number of aromatic nitrogens is 1. The Bertz CT molecular complexity index is 307. The molecule has 16 heavy (non-hydrogen) atoms. The third-order valence-electron chi connectivity index (χ3n) is 2.29. The normalized spacial score (nSPS) is 12.4. The van der Waals surface area contributed by atoms with Crippen LogP contribution < -0.4 is 5.32 Å². The molecule has 0 saturated carbocycles. The summed E-state index contributed by atoms with van der Waals surface area (Å²) in [5.74, 6) is 0. The molecule has 0 spiro atoms. The van der Waals surface area contributed by atoms with E-state index in [4.69, 9.17) is 14.6 Å². The largest absolute Gasteiger partial charge is 0.392 e. The number of aliphatic hydroxyl groups is 1. The molecule has 0 aliphatic rings. The first kappa shape index (κ1) is 12.9. The van der Waals surface area contributed by atoms with Crippen LogP contribution in [0.2, 0.25) is 0 Å². The number of rotatable bonds is 7. The van der Waals surface area contributed by atoms with Gasteiger partial charge in [0.1, 0.15) is 0 Å². The molecule has 1 rings (SSSR count). The lowest BCUT2D eigenvalue weighted by Crippen LogP contribution is -2.26. The molecule has 0 aliphatic heterocycles. The number of aliphatic hydroxyl groups excluding tert-OH is 1. The summed E-state index contributed by atoms with van der Waals surface area (Å²) in [6.07, 6.45) is 3.32. The zero-order valence-corrected chi connectivity index (χ0v) is 9.64. The van der Waals surface area contributed by atoms with Gasteiger partial charge in [-0.3, -0.25) is 4.98 Å². The minimum Gasteiger partial charge on any atom is -0.392 e. The number of anilines is 1. The van der Waals surface area contributed by atoms with Crippen LogP contribution >= 0.6 is 0 Å². The Balaban J connectivity index is 2.52. The van der Waals surface area contributed by atoms with Gasteiger partial charge in [-0.25, -0.2) is 0 Å².